The number of rotatable bonds is 7. The lowest BCUT2D eigenvalue weighted by molar-refractivity contribution is 0.102. The topological polar surface area (TPSA) is 38.3 Å². The van der Waals surface area contributed by atoms with Gasteiger partial charge in [0.1, 0.15) is 5.75 Å². The number of nitrogens with one attached hydrogen (secondary N) is 1. The summed E-state index contributed by atoms with van der Waals surface area (Å²) < 4.78 is 5.80. The van der Waals surface area contributed by atoms with E-state index in [-0.39, 0.29) is 5.91 Å². The monoisotopic (exact) mass is 365 g/mol. The van der Waals surface area contributed by atoms with Crippen LogP contribution in [-0.2, 0) is 6.42 Å². The Hall–Kier alpha value is -2.78. The molecule has 0 bridgehead atoms. The van der Waals surface area contributed by atoms with Crippen molar-refractivity contribution in [2.45, 2.75) is 12.8 Å². The number of aryl methyl sites for hydroxylation is 1. The van der Waals surface area contributed by atoms with Crippen LogP contribution in [0.2, 0.25) is 5.02 Å². The summed E-state index contributed by atoms with van der Waals surface area (Å²) in [6.07, 6.45) is 1.91. The number of ether oxygens (including phenoxy) is 1. The van der Waals surface area contributed by atoms with Crippen molar-refractivity contribution >= 4 is 23.2 Å². The summed E-state index contributed by atoms with van der Waals surface area (Å²) in [5.41, 5.74) is 2.51. The number of halogens is 1. The van der Waals surface area contributed by atoms with Crippen LogP contribution >= 0.6 is 11.6 Å². The highest BCUT2D eigenvalue weighted by Crippen LogP contribution is 2.19. The van der Waals surface area contributed by atoms with Gasteiger partial charge in [0.05, 0.1) is 6.61 Å². The van der Waals surface area contributed by atoms with Gasteiger partial charge in [-0.2, -0.15) is 0 Å². The molecule has 0 radical (unpaired) electrons. The van der Waals surface area contributed by atoms with E-state index < -0.39 is 0 Å². The Morgan fingerprint density at radius 2 is 1.73 bits per heavy atom. The number of hydrogen-bond donors (Lipinski definition) is 1. The molecule has 0 heterocycles. The molecule has 132 valence electrons. The van der Waals surface area contributed by atoms with E-state index in [1.807, 2.05) is 42.5 Å². The first-order valence-corrected chi connectivity index (χ1v) is 8.92. The summed E-state index contributed by atoms with van der Waals surface area (Å²) in [6, 6.07) is 24.6. The van der Waals surface area contributed by atoms with Crippen LogP contribution in [0.25, 0.3) is 0 Å². The summed E-state index contributed by atoms with van der Waals surface area (Å²) in [5, 5.41) is 3.40. The van der Waals surface area contributed by atoms with Gasteiger partial charge in [-0.3, -0.25) is 4.79 Å². The van der Waals surface area contributed by atoms with Gasteiger partial charge < -0.3 is 10.1 Å². The molecule has 1 amide bonds. The zero-order valence-electron chi connectivity index (χ0n) is 14.3. The van der Waals surface area contributed by atoms with Gasteiger partial charge in [0.15, 0.2) is 0 Å². The minimum absolute atomic E-state index is 0.200. The van der Waals surface area contributed by atoms with Crippen LogP contribution in [0.15, 0.2) is 78.9 Å². The summed E-state index contributed by atoms with van der Waals surface area (Å²) in [5.74, 6) is 0.538. The van der Waals surface area contributed by atoms with E-state index in [2.05, 4.69) is 17.4 Å². The molecule has 3 aromatic rings. The van der Waals surface area contributed by atoms with Gasteiger partial charge in [-0.15, -0.1) is 0 Å². The second-order valence-corrected chi connectivity index (χ2v) is 6.37. The predicted octanol–water partition coefficient (Wildman–Crippen LogP) is 5.60. The summed E-state index contributed by atoms with van der Waals surface area (Å²) >= 11 is 5.93. The summed E-state index contributed by atoms with van der Waals surface area (Å²) in [4.78, 5) is 12.3. The standard InChI is InChI=1S/C22H20ClNO2/c23-19-11-4-10-18(15-19)22(25)24-20-12-5-13-21(16-20)26-14-6-9-17-7-2-1-3-8-17/h1-5,7-8,10-13,15-16H,6,9,14H2,(H,24,25). The highest BCUT2D eigenvalue weighted by atomic mass is 35.5. The van der Waals surface area contributed by atoms with Gasteiger partial charge in [0.2, 0.25) is 0 Å². The van der Waals surface area contributed by atoms with E-state index in [9.17, 15) is 4.79 Å². The van der Waals surface area contributed by atoms with Gasteiger partial charge >= 0.3 is 0 Å². The Balaban J connectivity index is 1.52. The van der Waals surface area contributed by atoms with E-state index in [1.165, 1.54) is 5.56 Å². The van der Waals surface area contributed by atoms with Crippen LogP contribution in [0.1, 0.15) is 22.3 Å². The molecular formula is C22H20ClNO2. The highest BCUT2D eigenvalue weighted by Gasteiger charge is 2.07. The second kappa shape index (κ2) is 9.07. The molecule has 3 nitrogen and oxygen atoms in total. The molecule has 0 fully saturated rings. The highest BCUT2D eigenvalue weighted by molar-refractivity contribution is 6.31. The molecule has 0 atom stereocenters. The van der Waals surface area contributed by atoms with Crippen molar-refractivity contribution in [2.24, 2.45) is 0 Å². The smallest absolute Gasteiger partial charge is 0.255 e. The van der Waals surface area contributed by atoms with Crippen LogP contribution in [0, 0.1) is 0 Å². The van der Waals surface area contributed by atoms with E-state index in [4.69, 9.17) is 16.3 Å². The Kier molecular flexibility index (Phi) is 6.29. The molecule has 0 aliphatic carbocycles. The molecule has 0 saturated carbocycles. The number of carbonyl (C=O) groups is 1. The normalized spacial score (nSPS) is 10.3. The Bertz CT molecular complexity index is 865. The van der Waals surface area contributed by atoms with E-state index in [0.29, 0.717) is 22.9 Å². The van der Waals surface area contributed by atoms with Crippen molar-refractivity contribution < 1.29 is 9.53 Å². The molecule has 0 spiro atoms. The molecule has 3 aromatic carbocycles. The summed E-state index contributed by atoms with van der Waals surface area (Å²) in [6.45, 7) is 0.626. The molecule has 4 heteroatoms. The van der Waals surface area contributed by atoms with Crippen molar-refractivity contribution in [3.05, 3.63) is 95.0 Å². The van der Waals surface area contributed by atoms with Crippen LogP contribution < -0.4 is 10.1 Å². The number of benzene rings is 3. The molecule has 0 aromatic heterocycles. The molecular weight excluding hydrogens is 346 g/mol. The SMILES string of the molecule is O=C(Nc1cccc(OCCCc2ccccc2)c1)c1cccc(Cl)c1. The third-order valence-electron chi connectivity index (χ3n) is 3.90. The van der Waals surface area contributed by atoms with Crippen LogP contribution in [0.3, 0.4) is 0 Å². The minimum Gasteiger partial charge on any atom is -0.494 e. The minimum atomic E-state index is -0.200. The molecule has 26 heavy (non-hydrogen) atoms. The van der Waals surface area contributed by atoms with Gasteiger partial charge in [-0.1, -0.05) is 54.1 Å². The van der Waals surface area contributed by atoms with Gasteiger partial charge in [0, 0.05) is 22.3 Å². The largest absolute Gasteiger partial charge is 0.494 e. The molecule has 3 rings (SSSR count). The lowest BCUT2D eigenvalue weighted by Gasteiger charge is -2.09. The molecule has 0 aliphatic heterocycles. The van der Waals surface area contributed by atoms with Gasteiger partial charge in [-0.05, 0) is 48.7 Å². The number of anilines is 1. The first-order chi connectivity index (χ1) is 12.7. The fraction of sp³-hybridized carbons (Fsp3) is 0.136. The number of amides is 1. The van der Waals surface area contributed by atoms with Gasteiger partial charge in [-0.25, -0.2) is 0 Å². The average molecular weight is 366 g/mol. The first kappa shape index (κ1) is 18.0. The molecule has 1 N–H and O–H groups in total. The second-order valence-electron chi connectivity index (χ2n) is 5.93. The summed E-state index contributed by atoms with van der Waals surface area (Å²) in [7, 11) is 0. The molecule has 0 aliphatic rings. The quantitative estimate of drug-likeness (QED) is 0.553. The Labute approximate surface area is 158 Å². The van der Waals surface area contributed by atoms with Crippen LogP contribution in [0.4, 0.5) is 5.69 Å². The zero-order chi connectivity index (χ0) is 18.2. The molecule has 0 saturated heterocycles. The maximum atomic E-state index is 12.3. The average Bonchev–Trinajstić information content (AvgIpc) is 2.66. The maximum Gasteiger partial charge on any atom is 0.255 e. The lowest BCUT2D eigenvalue weighted by Crippen LogP contribution is -2.11. The fourth-order valence-electron chi connectivity index (χ4n) is 2.61. The van der Waals surface area contributed by atoms with Crippen LogP contribution in [-0.4, -0.2) is 12.5 Å². The Morgan fingerprint density at radius 3 is 2.54 bits per heavy atom. The fourth-order valence-corrected chi connectivity index (χ4v) is 2.80. The van der Waals surface area contributed by atoms with Crippen molar-refractivity contribution in [3.8, 4) is 5.75 Å². The van der Waals surface area contributed by atoms with E-state index >= 15 is 0 Å². The number of carbonyl (C=O) groups excluding carboxylic acids is 1. The van der Waals surface area contributed by atoms with Crippen LogP contribution in [0.5, 0.6) is 5.75 Å². The zero-order valence-corrected chi connectivity index (χ0v) is 15.1. The van der Waals surface area contributed by atoms with E-state index in [1.54, 1.807) is 24.3 Å². The van der Waals surface area contributed by atoms with Crippen molar-refractivity contribution in [2.75, 3.05) is 11.9 Å². The molecule has 0 unspecified atom stereocenters. The third-order valence-corrected chi connectivity index (χ3v) is 4.14. The maximum absolute atomic E-state index is 12.3. The van der Waals surface area contributed by atoms with E-state index in [0.717, 1.165) is 18.6 Å². The van der Waals surface area contributed by atoms with Gasteiger partial charge in [0.25, 0.3) is 5.91 Å². The predicted molar refractivity (Wildman–Crippen MR) is 106 cm³/mol. The third kappa shape index (κ3) is 5.36. The number of hydrogen-bond acceptors (Lipinski definition) is 2. The van der Waals surface area contributed by atoms with Crippen molar-refractivity contribution in [1.82, 2.24) is 0 Å². The lowest BCUT2D eigenvalue weighted by atomic mass is 10.1. The first-order valence-electron chi connectivity index (χ1n) is 8.54. The van der Waals surface area contributed by atoms with Crippen molar-refractivity contribution in [3.63, 3.8) is 0 Å². The van der Waals surface area contributed by atoms with Crippen molar-refractivity contribution in [1.29, 1.82) is 0 Å². The Morgan fingerprint density at radius 1 is 0.923 bits per heavy atom.